The second kappa shape index (κ2) is 8.33. The highest BCUT2D eigenvalue weighted by Gasteiger charge is 2.21. The lowest BCUT2D eigenvalue weighted by Gasteiger charge is -2.13. The molecule has 0 N–H and O–H groups in total. The van der Waals surface area contributed by atoms with Gasteiger partial charge < -0.3 is 9.47 Å². The number of esters is 1. The normalized spacial score (nSPS) is 11.4. The van der Waals surface area contributed by atoms with E-state index in [9.17, 15) is 13.2 Å². The predicted octanol–water partition coefficient (Wildman–Crippen LogP) is 2.83. The monoisotopic (exact) mass is 383 g/mol. The van der Waals surface area contributed by atoms with Gasteiger partial charge in [-0.05, 0) is 30.3 Å². The van der Waals surface area contributed by atoms with Crippen molar-refractivity contribution in [3.8, 4) is 5.75 Å². The number of halogens is 1. The van der Waals surface area contributed by atoms with Gasteiger partial charge in [0.15, 0.2) is 0 Å². The first-order chi connectivity index (χ1) is 11.8. The summed E-state index contributed by atoms with van der Waals surface area (Å²) in [6.45, 7) is 0.178. The summed E-state index contributed by atoms with van der Waals surface area (Å²) >= 11 is 5.99. The number of rotatable bonds is 7. The van der Waals surface area contributed by atoms with E-state index < -0.39 is 16.0 Å². The molecule has 0 bridgehead atoms. The third-order valence-electron chi connectivity index (χ3n) is 3.26. The van der Waals surface area contributed by atoms with Crippen molar-refractivity contribution in [1.82, 2.24) is 4.31 Å². The molecular formula is C17H18ClNO5S. The fourth-order valence-electron chi connectivity index (χ4n) is 1.92. The molecule has 6 nitrogen and oxygen atoms in total. The number of benzene rings is 2. The van der Waals surface area contributed by atoms with Crippen molar-refractivity contribution in [2.75, 3.05) is 27.3 Å². The Morgan fingerprint density at radius 1 is 1.08 bits per heavy atom. The molecule has 0 aliphatic carbocycles. The van der Waals surface area contributed by atoms with E-state index in [0.717, 1.165) is 4.31 Å². The van der Waals surface area contributed by atoms with Crippen LogP contribution in [0.3, 0.4) is 0 Å². The van der Waals surface area contributed by atoms with Gasteiger partial charge in [0.25, 0.3) is 0 Å². The van der Waals surface area contributed by atoms with E-state index in [1.807, 2.05) is 18.2 Å². The predicted molar refractivity (Wildman–Crippen MR) is 94.5 cm³/mol. The van der Waals surface area contributed by atoms with Crippen LogP contribution in [0.2, 0.25) is 5.02 Å². The van der Waals surface area contributed by atoms with E-state index in [-0.39, 0.29) is 28.7 Å². The number of nitrogens with zero attached hydrogens (tertiary/aromatic N) is 1. The average Bonchev–Trinajstić information content (AvgIpc) is 2.59. The molecule has 25 heavy (non-hydrogen) atoms. The van der Waals surface area contributed by atoms with Crippen LogP contribution in [0.1, 0.15) is 10.4 Å². The van der Waals surface area contributed by atoms with Crippen LogP contribution in [0.4, 0.5) is 0 Å². The molecule has 0 atom stereocenters. The minimum Gasteiger partial charge on any atom is -0.490 e. The highest BCUT2D eigenvalue weighted by atomic mass is 35.5. The number of carbonyl (C=O) groups is 1. The summed E-state index contributed by atoms with van der Waals surface area (Å²) in [5.41, 5.74) is -0.00990. The molecule has 0 saturated heterocycles. The fourth-order valence-corrected chi connectivity index (χ4v) is 3.04. The Kier molecular flexibility index (Phi) is 6.41. The Morgan fingerprint density at radius 3 is 2.40 bits per heavy atom. The molecule has 0 aliphatic rings. The molecule has 0 unspecified atom stereocenters. The molecule has 0 amide bonds. The molecule has 2 aromatic rings. The number of ether oxygens (including phenoxy) is 2. The fraction of sp³-hybridized carbons (Fsp3) is 0.235. The summed E-state index contributed by atoms with van der Waals surface area (Å²) in [5.74, 6) is -0.0480. The molecule has 0 heterocycles. The zero-order valence-electron chi connectivity index (χ0n) is 13.8. The van der Waals surface area contributed by atoms with Gasteiger partial charge in [0.05, 0.1) is 15.5 Å². The maximum Gasteiger partial charge on any atom is 0.339 e. The van der Waals surface area contributed by atoms with Crippen LogP contribution in [-0.2, 0) is 14.8 Å². The molecule has 2 rings (SSSR count). The molecular weight excluding hydrogens is 366 g/mol. The van der Waals surface area contributed by atoms with E-state index in [1.165, 1.54) is 32.3 Å². The van der Waals surface area contributed by atoms with Crippen molar-refractivity contribution in [3.05, 3.63) is 59.1 Å². The van der Waals surface area contributed by atoms with Crippen molar-refractivity contribution in [2.24, 2.45) is 0 Å². The second-order valence-electron chi connectivity index (χ2n) is 5.23. The molecule has 0 aliphatic heterocycles. The summed E-state index contributed by atoms with van der Waals surface area (Å²) in [5, 5.41) is 0.117. The topological polar surface area (TPSA) is 72.9 Å². The number of hydrogen-bond donors (Lipinski definition) is 0. The van der Waals surface area contributed by atoms with Crippen molar-refractivity contribution >= 4 is 27.6 Å². The van der Waals surface area contributed by atoms with Gasteiger partial charge in [0.1, 0.15) is 19.0 Å². The summed E-state index contributed by atoms with van der Waals surface area (Å²) < 4.78 is 35.9. The van der Waals surface area contributed by atoms with E-state index in [0.29, 0.717) is 5.75 Å². The van der Waals surface area contributed by atoms with Gasteiger partial charge in [0, 0.05) is 14.1 Å². The van der Waals surface area contributed by atoms with Gasteiger partial charge in [-0.25, -0.2) is 17.5 Å². The van der Waals surface area contributed by atoms with Gasteiger partial charge in [-0.15, -0.1) is 0 Å². The van der Waals surface area contributed by atoms with E-state index in [4.69, 9.17) is 21.1 Å². The first kappa shape index (κ1) is 19.2. The maximum absolute atomic E-state index is 12.2. The van der Waals surface area contributed by atoms with Gasteiger partial charge >= 0.3 is 5.97 Å². The Labute approximate surface area is 152 Å². The highest BCUT2D eigenvalue weighted by Crippen LogP contribution is 2.22. The molecule has 2 aromatic carbocycles. The first-order valence-electron chi connectivity index (χ1n) is 7.39. The quantitative estimate of drug-likeness (QED) is 0.543. The van der Waals surface area contributed by atoms with Crippen molar-refractivity contribution in [1.29, 1.82) is 0 Å². The van der Waals surface area contributed by atoms with Crippen LogP contribution in [0, 0.1) is 0 Å². The van der Waals surface area contributed by atoms with E-state index >= 15 is 0 Å². The highest BCUT2D eigenvalue weighted by molar-refractivity contribution is 7.89. The largest absolute Gasteiger partial charge is 0.490 e. The number of para-hydroxylation sites is 1. The minimum atomic E-state index is -3.67. The molecule has 0 aromatic heterocycles. The lowest BCUT2D eigenvalue weighted by atomic mass is 10.2. The lowest BCUT2D eigenvalue weighted by molar-refractivity contribution is 0.0450. The maximum atomic E-state index is 12.2. The van der Waals surface area contributed by atoms with Gasteiger partial charge in [-0.1, -0.05) is 29.8 Å². The zero-order chi connectivity index (χ0) is 18.4. The first-order valence-corrected chi connectivity index (χ1v) is 9.21. The van der Waals surface area contributed by atoms with Crippen LogP contribution >= 0.6 is 11.6 Å². The van der Waals surface area contributed by atoms with Crippen LogP contribution < -0.4 is 4.74 Å². The Balaban J connectivity index is 2.01. The Bertz CT molecular complexity index is 837. The third-order valence-corrected chi connectivity index (χ3v) is 5.41. The standard InChI is InChI=1S/C17H18ClNO5S/c1-19(2)25(21,22)14-8-9-16(18)15(12-14)17(20)24-11-10-23-13-6-4-3-5-7-13/h3-9,12H,10-11H2,1-2H3. The smallest absolute Gasteiger partial charge is 0.339 e. The summed E-state index contributed by atoms with van der Waals surface area (Å²) in [7, 11) is -0.857. The van der Waals surface area contributed by atoms with Crippen molar-refractivity contribution < 1.29 is 22.7 Å². The van der Waals surface area contributed by atoms with E-state index in [1.54, 1.807) is 12.1 Å². The lowest BCUT2D eigenvalue weighted by Crippen LogP contribution is -2.22. The minimum absolute atomic E-state index is 0.00865. The van der Waals surface area contributed by atoms with Gasteiger partial charge in [0.2, 0.25) is 10.0 Å². The molecule has 0 saturated carbocycles. The average molecular weight is 384 g/mol. The Morgan fingerprint density at radius 2 is 1.76 bits per heavy atom. The van der Waals surface area contributed by atoms with Crippen LogP contribution in [0.15, 0.2) is 53.4 Å². The van der Waals surface area contributed by atoms with Gasteiger partial charge in [-0.2, -0.15) is 0 Å². The van der Waals surface area contributed by atoms with Crippen LogP contribution in [0.25, 0.3) is 0 Å². The molecule has 0 radical (unpaired) electrons. The Hall–Kier alpha value is -2.09. The molecule has 8 heteroatoms. The molecule has 134 valence electrons. The third kappa shape index (κ3) is 4.94. The molecule has 0 spiro atoms. The van der Waals surface area contributed by atoms with Gasteiger partial charge in [-0.3, -0.25) is 0 Å². The zero-order valence-corrected chi connectivity index (χ0v) is 15.4. The number of hydrogen-bond acceptors (Lipinski definition) is 5. The van der Waals surface area contributed by atoms with Crippen molar-refractivity contribution in [3.63, 3.8) is 0 Å². The van der Waals surface area contributed by atoms with E-state index in [2.05, 4.69) is 0 Å². The number of carbonyl (C=O) groups excluding carboxylic acids is 1. The number of sulfonamides is 1. The molecule has 0 fully saturated rings. The van der Waals surface area contributed by atoms with Crippen LogP contribution in [-0.4, -0.2) is 46.0 Å². The summed E-state index contributed by atoms with van der Waals surface area (Å²) in [6.07, 6.45) is 0. The summed E-state index contributed by atoms with van der Waals surface area (Å²) in [6, 6.07) is 13.0. The van der Waals surface area contributed by atoms with Crippen molar-refractivity contribution in [2.45, 2.75) is 4.90 Å². The second-order valence-corrected chi connectivity index (χ2v) is 7.79. The van der Waals surface area contributed by atoms with Crippen LogP contribution in [0.5, 0.6) is 5.75 Å². The SMILES string of the molecule is CN(C)S(=O)(=O)c1ccc(Cl)c(C(=O)OCCOc2ccccc2)c1. The summed E-state index contributed by atoms with van der Waals surface area (Å²) in [4.78, 5) is 12.1.